The number of aromatic carboxylic acids is 1. The number of rotatable bonds is 3. The van der Waals surface area contributed by atoms with E-state index < -0.39 is 11.8 Å². The predicted octanol–water partition coefficient (Wildman–Crippen LogP) is 4.48. The molecule has 0 aliphatic rings. The highest BCUT2D eigenvalue weighted by atomic mass is 35.5. The molecule has 3 rings (SSSR count). The number of ether oxygens (including phenoxy) is 1. The molecular formula is C18H15ClFNO3. The zero-order valence-corrected chi connectivity index (χ0v) is 13.9. The van der Waals surface area contributed by atoms with Crippen molar-refractivity contribution in [1.29, 1.82) is 0 Å². The van der Waals surface area contributed by atoms with Crippen molar-refractivity contribution in [2.24, 2.45) is 0 Å². The third kappa shape index (κ3) is 2.90. The molecule has 0 radical (unpaired) electrons. The molecule has 0 spiro atoms. The van der Waals surface area contributed by atoms with Gasteiger partial charge < -0.3 is 9.84 Å². The second-order valence-electron chi connectivity index (χ2n) is 5.13. The van der Waals surface area contributed by atoms with E-state index in [1.807, 2.05) is 6.07 Å². The van der Waals surface area contributed by atoms with Crippen LogP contribution >= 0.6 is 12.4 Å². The first-order chi connectivity index (χ1) is 11.0. The van der Waals surface area contributed by atoms with Gasteiger partial charge in [0.05, 0.1) is 12.6 Å². The van der Waals surface area contributed by atoms with E-state index in [9.17, 15) is 14.3 Å². The minimum absolute atomic E-state index is 0. The summed E-state index contributed by atoms with van der Waals surface area (Å²) in [7, 11) is 1.53. The summed E-state index contributed by atoms with van der Waals surface area (Å²) in [5, 5.41) is 10.3. The van der Waals surface area contributed by atoms with Crippen molar-refractivity contribution in [2.75, 3.05) is 7.11 Å². The van der Waals surface area contributed by atoms with Gasteiger partial charge in [0.15, 0.2) is 5.69 Å². The van der Waals surface area contributed by atoms with Gasteiger partial charge in [0, 0.05) is 22.6 Å². The lowest BCUT2D eigenvalue weighted by Gasteiger charge is -2.15. The van der Waals surface area contributed by atoms with Crippen LogP contribution in [0.2, 0.25) is 0 Å². The molecule has 0 amide bonds. The molecule has 0 saturated heterocycles. The lowest BCUT2D eigenvalue weighted by Crippen LogP contribution is -2.06. The summed E-state index contributed by atoms with van der Waals surface area (Å²) < 4.78 is 18.8. The molecule has 4 nitrogen and oxygen atoms in total. The zero-order chi connectivity index (χ0) is 16.6. The molecule has 124 valence electrons. The molecule has 0 aliphatic heterocycles. The van der Waals surface area contributed by atoms with E-state index in [2.05, 4.69) is 4.98 Å². The van der Waals surface area contributed by atoms with Crippen LogP contribution in [0, 0.1) is 12.7 Å². The Bertz CT molecular complexity index is 928. The number of fused-ring (bicyclic) bond motifs is 1. The first-order valence-corrected chi connectivity index (χ1v) is 6.99. The highest BCUT2D eigenvalue weighted by molar-refractivity contribution is 6.01. The van der Waals surface area contributed by atoms with Gasteiger partial charge in [-0.15, -0.1) is 12.4 Å². The molecule has 24 heavy (non-hydrogen) atoms. The third-order valence-electron chi connectivity index (χ3n) is 3.79. The molecule has 3 aromatic rings. The van der Waals surface area contributed by atoms with E-state index in [4.69, 9.17) is 4.74 Å². The van der Waals surface area contributed by atoms with Crippen LogP contribution in [-0.2, 0) is 0 Å². The number of carboxylic acid groups (broad SMARTS) is 1. The Labute approximate surface area is 144 Å². The number of hydrogen-bond acceptors (Lipinski definition) is 3. The summed E-state index contributed by atoms with van der Waals surface area (Å²) in [6, 6.07) is 11.3. The van der Waals surface area contributed by atoms with Gasteiger partial charge in [-0.05, 0) is 30.7 Å². The fourth-order valence-corrected chi connectivity index (χ4v) is 2.74. The quantitative estimate of drug-likeness (QED) is 0.759. The van der Waals surface area contributed by atoms with Crippen LogP contribution in [0.5, 0.6) is 5.75 Å². The van der Waals surface area contributed by atoms with Crippen molar-refractivity contribution in [3.8, 4) is 16.9 Å². The lowest BCUT2D eigenvalue weighted by molar-refractivity contribution is 0.0691. The van der Waals surface area contributed by atoms with Crippen LogP contribution in [0.25, 0.3) is 22.0 Å². The van der Waals surface area contributed by atoms with Crippen molar-refractivity contribution < 1.29 is 19.0 Å². The molecule has 1 N–H and O–H groups in total. The number of nitrogens with zero attached hydrogens (tertiary/aromatic N) is 1. The average molecular weight is 348 g/mol. The molecule has 2 aromatic carbocycles. The molecule has 0 bridgehead atoms. The Morgan fingerprint density at radius 2 is 1.92 bits per heavy atom. The van der Waals surface area contributed by atoms with Gasteiger partial charge in [-0.1, -0.05) is 18.2 Å². The Balaban J connectivity index is 0.00000208. The maximum atomic E-state index is 13.4. The average Bonchev–Trinajstić information content (AvgIpc) is 2.54. The summed E-state index contributed by atoms with van der Waals surface area (Å²) in [5.41, 5.74) is 2.04. The maximum Gasteiger partial charge on any atom is 0.355 e. The van der Waals surface area contributed by atoms with Crippen LogP contribution in [0.4, 0.5) is 4.39 Å². The van der Waals surface area contributed by atoms with Crippen LogP contribution in [-0.4, -0.2) is 23.2 Å². The molecule has 0 saturated carbocycles. The molecule has 6 heteroatoms. The van der Waals surface area contributed by atoms with Crippen molar-refractivity contribution in [3.63, 3.8) is 0 Å². The number of para-hydroxylation sites is 1. The van der Waals surface area contributed by atoms with E-state index in [-0.39, 0.29) is 18.1 Å². The van der Waals surface area contributed by atoms with Crippen molar-refractivity contribution in [1.82, 2.24) is 4.98 Å². The van der Waals surface area contributed by atoms with Gasteiger partial charge in [0.25, 0.3) is 0 Å². The normalized spacial score (nSPS) is 10.3. The Kier molecular flexibility index (Phi) is 5.04. The highest BCUT2D eigenvalue weighted by Crippen LogP contribution is 2.37. The number of hydrogen-bond donors (Lipinski definition) is 1. The number of aryl methyl sites for hydroxylation is 1. The number of benzene rings is 2. The molecule has 0 aliphatic carbocycles. The van der Waals surface area contributed by atoms with E-state index in [1.54, 1.807) is 31.2 Å². The summed E-state index contributed by atoms with van der Waals surface area (Å²) in [6.07, 6.45) is 0. The van der Waals surface area contributed by atoms with Crippen molar-refractivity contribution in [3.05, 3.63) is 59.5 Å². The van der Waals surface area contributed by atoms with Gasteiger partial charge in [0.1, 0.15) is 11.6 Å². The van der Waals surface area contributed by atoms with E-state index in [1.165, 1.54) is 19.2 Å². The Hall–Kier alpha value is -2.66. The van der Waals surface area contributed by atoms with Crippen LogP contribution in [0.3, 0.4) is 0 Å². The van der Waals surface area contributed by atoms with Crippen molar-refractivity contribution in [2.45, 2.75) is 6.92 Å². The maximum absolute atomic E-state index is 13.4. The molecule has 0 unspecified atom stereocenters. The monoisotopic (exact) mass is 347 g/mol. The minimum Gasteiger partial charge on any atom is -0.496 e. The molecule has 0 atom stereocenters. The largest absolute Gasteiger partial charge is 0.496 e. The van der Waals surface area contributed by atoms with Crippen LogP contribution in [0.1, 0.15) is 16.1 Å². The second-order valence-corrected chi connectivity index (χ2v) is 5.13. The van der Waals surface area contributed by atoms with Crippen LogP contribution < -0.4 is 4.74 Å². The van der Waals surface area contributed by atoms with Gasteiger partial charge >= 0.3 is 5.97 Å². The number of pyridine rings is 1. The minimum atomic E-state index is -1.17. The Morgan fingerprint density at radius 3 is 2.58 bits per heavy atom. The van der Waals surface area contributed by atoms with Gasteiger partial charge in [-0.2, -0.15) is 0 Å². The second kappa shape index (κ2) is 6.84. The number of halogens is 2. The zero-order valence-electron chi connectivity index (χ0n) is 13.0. The number of carboxylic acids is 1. The number of aromatic nitrogens is 1. The topological polar surface area (TPSA) is 59.4 Å². The fraction of sp³-hybridized carbons (Fsp3) is 0.111. The van der Waals surface area contributed by atoms with Gasteiger partial charge in [-0.25, -0.2) is 14.2 Å². The smallest absolute Gasteiger partial charge is 0.355 e. The van der Waals surface area contributed by atoms with E-state index in [0.717, 1.165) is 5.56 Å². The van der Waals surface area contributed by atoms with E-state index >= 15 is 0 Å². The van der Waals surface area contributed by atoms with Gasteiger partial charge in [0.2, 0.25) is 0 Å². The van der Waals surface area contributed by atoms with Crippen LogP contribution in [0.15, 0.2) is 42.5 Å². The molecule has 0 fully saturated rings. The summed E-state index contributed by atoms with van der Waals surface area (Å²) in [5.74, 6) is -1.06. The molecule has 1 heterocycles. The highest BCUT2D eigenvalue weighted by Gasteiger charge is 2.21. The molecule has 1 aromatic heterocycles. The predicted molar refractivity (Wildman–Crippen MR) is 92.6 cm³/mol. The standard InChI is InChI=1S/C18H14FNO3.ClH/c1-10-12-8-7-11(19)9-14(12)20-17(18(21)22)16(10)13-5-3-4-6-15(13)23-2;/h3-9H,1-2H3,(H,21,22);1H. The first kappa shape index (κ1) is 17.7. The Morgan fingerprint density at radius 1 is 1.21 bits per heavy atom. The molecular weight excluding hydrogens is 333 g/mol. The summed E-state index contributed by atoms with van der Waals surface area (Å²) >= 11 is 0. The fourth-order valence-electron chi connectivity index (χ4n) is 2.74. The third-order valence-corrected chi connectivity index (χ3v) is 3.79. The first-order valence-electron chi connectivity index (χ1n) is 6.99. The van der Waals surface area contributed by atoms with Gasteiger partial charge in [-0.3, -0.25) is 0 Å². The number of carbonyl (C=O) groups is 1. The van der Waals surface area contributed by atoms with Crippen molar-refractivity contribution >= 4 is 29.3 Å². The lowest BCUT2D eigenvalue weighted by atomic mass is 9.94. The summed E-state index contributed by atoms with van der Waals surface area (Å²) in [6.45, 7) is 1.80. The summed E-state index contributed by atoms with van der Waals surface area (Å²) in [4.78, 5) is 15.8. The number of methoxy groups -OCH3 is 1. The van der Waals surface area contributed by atoms with E-state index in [0.29, 0.717) is 27.8 Å². The SMILES string of the molecule is COc1ccccc1-c1c(C(=O)O)nc2cc(F)ccc2c1C.Cl.